The topological polar surface area (TPSA) is 138 Å². The standard InChI is InChI=1S/C15H16N4O4S/c1-2-9(14(22)23)24-15-18-11(16)10(13(21)19-15)17-12(20)8-6-4-3-5-7-8/h3-7,9H,2H2,1H3,(H,17,20)(H,22,23)(H3,16,18,19,21)/t9-/m1/s1. The number of nitrogen functional groups attached to an aromatic ring is 1. The van der Waals surface area contributed by atoms with Gasteiger partial charge in [0, 0.05) is 5.56 Å². The molecule has 5 N–H and O–H groups in total. The number of H-pyrrole nitrogens is 1. The predicted molar refractivity (Wildman–Crippen MR) is 91.2 cm³/mol. The number of benzene rings is 1. The molecular formula is C15H16N4O4S. The number of carboxylic acids is 1. The molecule has 0 radical (unpaired) electrons. The molecule has 24 heavy (non-hydrogen) atoms. The first-order valence-corrected chi connectivity index (χ1v) is 7.96. The van der Waals surface area contributed by atoms with Gasteiger partial charge >= 0.3 is 5.97 Å². The second-order valence-corrected chi connectivity index (χ2v) is 6.00. The van der Waals surface area contributed by atoms with E-state index in [4.69, 9.17) is 10.8 Å². The van der Waals surface area contributed by atoms with Crippen LogP contribution >= 0.6 is 11.8 Å². The summed E-state index contributed by atoms with van der Waals surface area (Å²) in [4.78, 5) is 41.6. The first-order valence-electron chi connectivity index (χ1n) is 7.08. The second kappa shape index (κ2) is 7.64. The Morgan fingerprint density at radius 1 is 1.38 bits per heavy atom. The molecule has 9 heteroatoms. The number of carbonyl (C=O) groups excluding carboxylic acids is 1. The number of rotatable bonds is 6. The van der Waals surface area contributed by atoms with Gasteiger partial charge in [-0.2, -0.15) is 0 Å². The zero-order valence-corrected chi connectivity index (χ0v) is 13.6. The lowest BCUT2D eigenvalue weighted by Gasteiger charge is -2.11. The van der Waals surface area contributed by atoms with E-state index in [-0.39, 0.29) is 16.7 Å². The summed E-state index contributed by atoms with van der Waals surface area (Å²) in [6.07, 6.45) is 0.357. The Bertz CT molecular complexity index is 807. The number of anilines is 2. The number of nitrogens with zero attached hydrogens (tertiary/aromatic N) is 1. The molecule has 126 valence electrons. The van der Waals surface area contributed by atoms with Gasteiger partial charge in [-0.1, -0.05) is 36.9 Å². The van der Waals surface area contributed by atoms with E-state index in [1.165, 1.54) is 0 Å². The number of hydrogen-bond donors (Lipinski definition) is 4. The van der Waals surface area contributed by atoms with E-state index in [0.29, 0.717) is 12.0 Å². The highest BCUT2D eigenvalue weighted by Gasteiger charge is 2.20. The van der Waals surface area contributed by atoms with Gasteiger partial charge in [0.05, 0.1) is 0 Å². The summed E-state index contributed by atoms with van der Waals surface area (Å²) in [5.74, 6) is -1.68. The minimum Gasteiger partial charge on any atom is -0.480 e. The van der Waals surface area contributed by atoms with Crippen LogP contribution < -0.4 is 16.6 Å². The van der Waals surface area contributed by atoms with E-state index in [0.717, 1.165) is 11.8 Å². The van der Waals surface area contributed by atoms with Gasteiger partial charge in [-0.05, 0) is 18.6 Å². The molecule has 0 saturated heterocycles. The zero-order chi connectivity index (χ0) is 17.7. The molecule has 1 heterocycles. The number of carboxylic acid groups (broad SMARTS) is 1. The molecule has 0 aliphatic rings. The van der Waals surface area contributed by atoms with Crippen LogP contribution in [0.4, 0.5) is 11.5 Å². The second-order valence-electron chi connectivity index (χ2n) is 4.80. The quantitative estimate of drug-likeness (QED) is 0.459. The van der Waals surface area contributed by atoms with Crippen LogP contribution in [0, 0.1) is 0 Å². The van der Waals surface area contributed by atoms with Gasteiger partial charge in [0.1, 0.15) is 10.9 Å². The van der Waals surface area contributed by atoms with E-state index >= 15 is 0 Å². The number of nitrogens with two attached hydrogens (primary N) is 1. The van der Waals surface area contributed by atoms with Crippen molar-refractivity contribution in [1.29, 1.82) is 0 Å². The maximum Gasteiger partial charge on any atom is 0.317 e. The molecule has 0 aliphatic heterocycles. The Balaban J connectivity index is 2.23. The SMILES string of the molecule is CC[C@@H](Sc1nc(N)c(NC(=O)c2ccccc2)c(=O)[nH]1)C(=O)O. The van der Waals surface area contributed by atoms with Gasteiger partial charge in [-0.15, -0.1) is 0 Å². The first-order chi connectivity index (χ1) is 11.4. The summed E-state index contributed by atoms with van der Waals surface area (Å²) in [6, 6.07) is 8.33. The van der Waals surface area contributed by atoms with E-state index in [9.17, 15) is 14.4 Å². The van der Waals surface area contributed by atoms with Gasteiger partial charge in [0.25, 0.3) is 11.5 Å². The highest BCUT2D eigenvalue weighted by molar-refractivity contribution is 8.00. The molecule has 2 aromatic rings. The summed E-state index contributed by atoms with van der Waals surface area (Å²) in [5.41, 5.74) is 5.29. The van der Waals surface area contributed by atoms with E-state index in [1.807, 2.05) is 0 Å². The molecule has 0 unspecified atom stereocenters. The summed E-state index contributed by atoms with van der Waals surface area (Å²) in [6.45, 7) is 1.71. The molecule has 0 bridgehead atoms. The lowest BCUT2D eigenvalue weighted by Crippen LogP contribution is -2.24. The van der Waals surface area contributed by atoms with Crippen molar-refractivity contribution in [2.24, 2.45) is 0 Å². The molecule has 0 spiro atoms. The van der Waals surface area contributed by atoms with Crippen molar-refractivity contribution in [3.63, 3.8) is 0 Å². The summed E-state index contributed by atoms with van der Waals surface area (Å²) in [5, 5.41) is 10.8. The van der Waals surface area contributed by atoms with Crippen molar-refractivity contribution >= 4 is 35.1 Å². The fraction of sp³-hybridized carbons (Fsp3) is 0.200. The van der Waals surface area contributed by atoms with Crippen molar-refractivity contribution in [3.8, 4) is 0 Å². The third kappa shape index (κ3) is 4.13. The normalized spacial score (nSPS) is 11.7. The average Bonchev–Trinajstić information content (AvgIpc) is 2.56. The van der Waals surface area contributed by atoms with E-state index < -0.39 is 22.7 Å². The maximum atomic E-state index is 12.1. The number of carbonyl (C=O) groups is 2. The van der Waals surface area contributed by atoms with Crippen molar-refractivity contribution in [1.82, 2.24) is 9.97 Å². The van der Waals surface area contributed by atoms with Crippen LogP contribution in [0.15, 0.2) is 40.3 Å². The summed E-state index contributed by atoms with van der Waals surface area (Å²) in [7, 11) is 0. The van der Waals surface area contributed by atoms with Gasteiger partial charge < -0.3 is 16.2 Å². The number of hydrogen-bond acceptors (Lipinski definition) is 6. The van der Waals surface area contributed by atoms with E-state index in [1.54, 1.807) is 37.3 Å². The molecule has 1 aromatic carbocycles. The summed E-state index contributed by atoms with van der Waals surface area (Å²) < 4.78 is 0. The van der Waals surface area contributed by atoms with Gasteiger partial charge in [-0.3, -0.25) is 19.4 Å². The Kier molecular flexibility index (Phi) is 5.59. The third-order valence-corrected chi connectivity index (χ3v) is 4.34. The van der Waals surface area contributed by atoms with Gasteiger partial charge in [0.2, 0.25) is 0 Å². The van der Waals surface area contributed by atoms with Crippen LogP contribution in [-0.2, 0) is 4.79 Å². The Morgan fingerprint density at radius 3 is 2.58 bits per heavy atom. The van der Waals surface area contributed by atoms with Crippen molar-refractivity contribution in [3.05, 3.63) is 46.2 Å². The number of aromatic amines is 1. The van der Waals surface area contributed by atoms with Crippen molar-refractivity contribution < 1.29 is 14.7 Å². The monoisotopic (exact) mass is 348 g/mol. The molecule has 2 rings (SSSR count). The molecule has 8 nitrogen and oxygen atoms in total. The zero-order valence-electron chi connectivity index (χ0n) is 12.8. The number of aromatic nitrogens is 2. The molecule has 0 saturated carbocycles. The molecule has 1 atom stereocenters. The lowest BCUT2D eigenvalue weighted by atomic mass is 10.2. The minimum atomic E-state index is -1.01. The van der Waals surface area contributed by atoms with E-state index in [2.05, 4.69) is 15.3 Å². The van der Waals surface area contributed by atoms with Gasteiger partial charge in [-0.25, -0.2) is 4.98 Å². The fourth-order valence-corrected chi connectivity index (χ4v) is 2.70. The first kappa shape index (κ1) is 17.5. The van der Waals surface area contributed by atoms with Gasteiger partial charge in [0.15, 0.2) is 11.0 Å². The Morgan fingerprint density at radius 2 is 2.04 bits per heavy atom. The van der Waals surface area contributed by atoms with Crippen LogP contribution in [0.1, 0.15) is 23.7 Å². The fourth-order valence-electron chi connectivity index (χ4n) is 1.86. The van der Waals surface area contributed by atoms with Crippen LogP contribution in [-0.4, -0.2) is 32.2 Å². The van der Waals surface area contributed by atoms with Crippen LogP contribution in [0.3, 0.4) is 0 Å². The van der Waals surface area contributed by atoms with Crippen LogP contribution in [0.25, 0.3) is 0 Å². The summed E-state index contributed by atoms with van der Waals surface area (Å²) >= 11 is 0.890. The van der Waals surface area contributed by atoms with Crippen molar-refractivity contribution in [2.75, 3.05) is 11.1 Å². The molecule has 0 aliphatic carbocycles. The largest absolute Gasteiger partial charge is 0.480 e. The minimum absolute atomic E-state index is 0.0875. The Labute approximate surface area is 141 Å². The smallest absolute Gasteiger partial charge is 0.317 e. The Hall–Kier alpha value is -2.81. The average molecular weight is 348 g/mol. The third-order valence-electron chi connectivity index (χ3n) is 3.10. The molecule has 1 amide bonds. The van der Waals surface area contributed by atoms with Crippen LogP contribution in [0.5, 0.6) is 0 Å². The highest BCUT2D eigenvalue weighted by atomic mass is 32.2. The number of amides is 1. The predicted octanol–water partition coefficient (Wildman–Crippen LogP) is 1.56. The number of nitrogens with one attached hydrogen (secondary N) is 2. The number of aliphatic carboxylic acids is 1. The molecule has 1 aromatic heterocycles. The van der Waals surface area contributed by atoms with Crippen LogP contribution in [0.2, 0.25) is 0 Å². The highest BCUT2D eigenvalue weighted by Crippen LogP contribution is 2.23. The maximum absolute atomic E-state index is 12.1. The molecule has 0 fully saturated rings. The number of thioether (sulfide) groups is 1. The molecular weight excluding hydrogens is 332 g/mol. The van der Waals surface area contributed by atoms with Crippen molar-refractivity contribution in [2.45, 2.75) is 23.8 Å². The lowest BCUT2D eigenvalue weighted by molar-refractivity contribution is -0.136.